The lowest BCUT2D eigenvalue weighted by molar-refractivity contribution is -0.144. The Balaban J connectivity index is 0.00000208. The normalized spacial score (nSPS) is 14.1. The van der Waals surface area contributed by atoms with Crippen molar-refractivity contribution in [2.45, 2.75) is 13.5 Å². The predicted octanol–water partition coefficient (Wildman–Crippen LogP) is -0.475. The van der Waals surface area contributed by atoms with E-state index >= 15 is 0 Å². The van der Waals surface area contributed by atoms with E-state index in [1.165, 1.54) is 4.80 Å². The number of anilines is 1. The summed E-state index contributed by atoms with van der Waals surface area (Å²) in [7, 11) is 0. The van der Waals surface area contributed by atoms with E-state index in [0.29, 0.717) is 23.9 Å². The van der Waals surface area contributed by atoms with Gasteiger partial charge in [-0.15, -0.1) is 22.6 Å². The molecule has 2 aromatic rings. The maximum atomic E-state index is 11.4. The SMILES string of the molecule is CCOC(=O)Cn1nnc(-c2cnc(N3CCNCC3)nc2)n1.Cl. The minimum atomic E-state index is -0.401. The van der Waals surface area contributed by atoms with Gasteiger partial charge >= 0.3 is 5.97 Å². The summed E-state index contributed by atoms with van der Waals surface area (Å²) in [5, 5.41) is 15.2. The van der Waals surface area contributed by atoms with Gasteiger partial charge in [0.15, 0.2) is 6.54 Å². The first-order valence-corrected chi connectivity index (χ1v) is 7.48. The predicted molar refractivity (Wildman–Crippen MR) is 87.8 cm³/mol. The molecule has 1 N–H and O–H groups in total. The smallest absolute Gasteiger partial charge is 0.329 e. The molecular weight excluding hydrogens is 336 g/mol. The van der Waals surface area contributed by atoms with Crippen LogP contribution < -0.4 is 10.2 Å². The zero-order chi connectivity index (χ0) is 16.1. The molecule has 1 aliphatic rings. The van der Waals surface area contributed by atoms with E-state index in [9.17, 15) is 4.79 Å². The van der Waals surface area contributed by atoms with Crippen LogP contribution in [0.15, 0.2) is 12.4 Å². The van der Waals surface area contributed by atoms with Crippen molar-refractivity contribution in [3.05, 3.63) is 12.4 Å². The summed E-state index contributed by atoms with van der Waals surface area (Å²) < 4.78 is 4.84. The Kier molecular flexibility index (Phi) is 6.38. The van der Waals surface area contributed by atoms with Crippen LogP contribution in [0, 0.1) is 0 Å². The molecular formula is C13H19ClN8O2. The number of esters is 1. The first-order valence-electron chi connectivity index (χ1n) is 7.48. The monoisotopic (exact) mass is 354 g/mol. The highest BCUT2D eigenvalue weighted by Crippen LogP contribution is 2.14. The number of carbonyl (C=O) groups is 1. The van der Waals surface area contributed by atoms with Gasteiger partial charge in [-0.3, -0.25) is 0 Å². The Morgan fingerprint density at radius 3 is 2.67 bits per heavy atom. The number of hydrogen-bond acceptors (Lipinski definition) is 9. The highest BCUT2D eigenvalue weighted by molar-refractivity contribution is 5.85. The van der Waals surface area contributed by atoms with Gasteiger partial charge < -0.3 is 15.0 Å². The van der Waals surface area contributed by atoms with Crippen molar-refractivity contribution in [2.24, 2.45) is 0 Å². The van der Waals surface area contributed by atoms with Gasteiger partial charge in [-0.1, -0.05) is 0 Å². The van der Waals surface area contributed by atoms with Crippen LogP contribution >= 0.6 is 12.4 Å². The van der Waals surface area contributed by atoms with Crippen LogP contribution in [0.5, 0.6) is 0 Å². The van der Waals surface area contributed by atoms with E-state index in [0.717, 1.165) is 26.2 Å². The number of rotatable bonds is 5. The maximum Gasteiger partial charge on any atom is 0.329 e. The standard InChI is InChI=1S/C13H18N8O2.ClH/c1-2-23-11(22)9-21-18-12(17-19-21)10-7-15-13(16-8-10)20-5-3-14-4-6-20;/h7-8,14H,2-6,9H2,1H3;1H. The second kappa shape index (κ2) is 8.50. The van der Waals surface area contributed by atoms with Crippen molar-refractivity contribution in [3.63, 3.8) is 0 Å². The van der Waals surface area contributed by atoms with Crippen molar-refractivity contribution in [1.82, 2.24) is 35.5 Å². The van der Waals surface area contributed by atoms with Gasteiger partial charge in [-0.2, -0.15) is 4.80 Å². The molecule has 1 aliphatic heterocycles. The molecule has 1 saturated heterocycles. The van der Waals surface area contributed by atoms with E-state index in [1.54, 1.807) is 19.3 Å². The zero-order valence-corrected chi connectivity index (χ0v) is 14.1. The molecule has 0 unspecified atom stereocenters. The third-order valence-corrected chi connectivity index (χ3v) is 3.32. The molecule has 0 bridgehead atoms. The van der Waals surface area contributed by atoms with Crippen LogP contribution in [-0.4, -0.2) is 68.9 Å². The van der Waals surface area contributed by atoms with Crippen molar-refractivity contribution in [2.75, 3.05) is 37.7 Å². The Hall–Kier alpha value is -2.33. The molecule has 0 aliphatic carbocycles. The molecule has 24 heavy (non-hydrogen) atoms. The van der Waals surface area contributed by atoms with Crippen molar-refractivity contribution < 1.29 is 9.53 Å². The van der Waals surface area contributed by atoms with Gasteiger partial charge in [-0.25, -0.2) is 14.8 Å². The molecule has 0 radical (unpaired) electrons. The average Bonchev–Trinajstić information content (AvgIpc) is 3.04. The summed E-state index contributed by atoms with van der Waals surface area (Å²) in [5.41, 5.74) is 0.652. The number of nitrogens with zero attached hydrogens (tertiary/aromatic N) is 7. The Bertz CT molecular complexity index is 656. The lowest BCUT2D eigenvalue weighted by Gasteiger charge is -2.27. The molecule has 0 spiro atoms. The molecule has 2 aromatic heterocycles. The minimum Gasteiger partial charge on any atom is -0.465 e. The van der Waals surface area contributed by atoms with Gasteiger partial charge in [0, 0.05) is 38.6 Å². The van der Waals surface area contributed by atoms with Crippen LogP contribution in [0.25, 0.3) is 11.4 Å². The molecule has 3 rings (SSSR count). The average molecular weight is 355 g/mol. The molecule has 0 saturated carbocycles. The third kappa shape index (κ3) is 4.36. The number of aromatic nitrogens is 6. The summed E-state index contributed by atoms with van der Waals surface area (Å²) in [6.45, 7) is 5.61. The van der Waals surface area contributed by atoms with Gasteiger partial charge in [0.25, 0.3) is 0 Å². The van der Waals surface area contributed by atoms with Crippen molar-refractivity contribution in [3.8, 4) is 11.4 Å². The molecule has 10 nitrogen and oxygen atoms in total. The molecule has 3 heterocycles. The van der Waals surface area contributed by atoms with Gasteiger partial charge in [0.1, 0.15) is 0 Å². The Morgan fingerprint density at radius 2 is 2.00 bits per heavy atom. The van der Waals surface area contributed by atoms with E-state index in [1.807, 2.05) is 0 Å². The summed E-state index contributed by atoms with van der Waals surface area (Å²) >= 11 is 0. The second-order valence-corrected chi connectivity index (χ2v) is 4.96. The first kappa shape index (κ1) is 18.0. The van der Waals surface area contributed by atoms with Crippen LogP contribution in [0.4, 0.5) is 5.95 Å². The van der Waals surface area contributed by atoms with Gasteiger partial charge in [0.2, 0.25) is 11.8 Å². The molecule has 130 valence electrons. The summed E-state index contributed by atoms with van der Waals surface area (Å²) in [6, 6.07) is 0. The quantitative estimate of drug-likeness (QED) is 0.712. The first-order chi connectivity index (χ1) is 11.3. The van der Waals surface area contributed by atoms with Crippen LogP contribution in [0.3, 0.4) is 0 Å². The fourth-order valence-corrected chi connectivity index (χ4v) is 2.21. The fourth-order valence-electron chi connectivity index (χ4n) is 2.21. The van der Waals surface area contributed by atoms with E-state index in [4.69, 9.17) is 4.74 Å². The third-order valence-electron chi connectivity index (χ3n) is 3.32. The zero-order valence-electron chi connectivity index (χ0n) is 13.3. The summed E-state index contributed by atoms with van der Waals surface area (Å²) in [5.74, 6) is 0.664. The lowest BCUT2D eigenvalue weighted by Crippen LogP contribution is -2.44. The largest absolute Gasteiger partial charge is 0.465 e. The molecule has 1 fully saturated rings. The van der Waals surface area contributed by atoms with Gasteiger partial charge in [-0.05, 0) is 12.1 Å². The van der Waals surface area contributed by atoms with E-state index in [2.05, 4.69) is 35.6 Å². The Morgan fingerprint density at radius 1 is 1.29 bits per heavy atom. The molecule has 11 heteroatoms. The highest BCUT2D eigenvalue weighted by Gasteiger charge is 2.14. The Labute approximate surface area is 145 Å². The summed E-state index contributed by atoms with van der Waals surface area (Å²) in [6.07, 6.45) is 3.33. The van der Waals surface area contributed by atoms with E-state index < -0.39 is 5.97 Å². The minimum absolute atomic E-state index is 0. The van der Waals surface area contributed by atoms with Crippen LogP contribution in [0.2, 0.25) is 0 Å². The number of hydrogen-bond donors (Lipinski definition) is 1. The second-order valence-electron chi connectivity index (χ2n) is 4.96. The van der Waals surface area contributed by atoms with Gasteiger partial charge in [0.05, 0.1) is 12.2 Å². The highest BCUT2D eigenvalue weighted by atomic mass is 35.5. The lowest BCUT2D eigenvalue weighted by atomic mass is 10.3. The summed E-state index contributed by atoms with van der Waals surface area (Å²) in [4.78, 5) is 23.4. The van der Waals surface area contributed by atoms with Crippen LogP contribution in [-0.2, 0) is 16.1 Å². The topological polar surface area (TPSA) is 111 Å². The van der Waals surface area contributed by atoms with Crippen LogP contribution in [0.1, 0.15) is 6.92 Å². The maximum absolute atomic E-state index is 11.4. The van der Waals surface area contributed by atoms with Crippen molar-refractivity contribution >= 4 is 24.3 Å². The molecule has 0 atom stereocenters. The molecule has 0 aromatic carbocycles. The number of tetrazole rings is 1. The van der Waals surface area contributed by atoms with E-state index in [-0.39, 0.29) is 19.0 Å². The number of piperazine rings is 1. The number of nitrogens with one attached hydrogen (secondary N) is 1. The fraction of sp³-hybridized carbons (Fsp3) is 0.538. The van der Waals surface area contributed by atoms with Crippen molar-refractivity contribution in [1.29, 1.82) is 0 Å². The molecule has 0 amide bonds. The number of halogens is 1. The number of ether oxygens (including phenoxy) is 1. The number of carbonyl (C=O) groups excluding carboxylic acids is 1.